The Labute approximate surface area is 175 Å². The van der Waals surface area contributed by atoms with E-state index >= 15 is 0 Å². The lowest BCUT2D eigenvalue weighted by Crippen LogP contribution is -2.23. The average molecular weight is 426 g/mol. The summed E-state index contributed by atoms with van der Waals surface area (Å²) in [6, 6.07) is 16.3. The molecular weight excluding hydrogens is 410 g/mol. The van der Waals surface area contributed by atoms with E-state index in [9.17, 15) is 9.59 Å². The lowest BCUT2D eigenvalue weighted by Gasteiger charge is -2.12. The number of amides is 1. The Morgan fingerprint density at radius 1 is 1.21 bits per heavy atom. The highest BCUT2D eigenvalue weighted by atomic mass is 35.5. The maximum atomic E-state index is 12.5. The van der Waals surface area contributed by atoms with Crippen LogP contribution < -0.4 is 10.9 Å². The molecule has 0 unspecified atom stereocenters. The van der Waals surface area contributed by atoms with Crippen molar-refractivity contribution in [2.45, 2.75) is 17.3 Å². The van der Waals surface area contributed by atoms with Gasteiger partial charge in [0.1, 0.15) is 5.39 Å². The molecule has 0 aliphatic rings. The highest BCUT2D eigenvalue weighted by Crippen LogP contribution is 2.23. The molecular formula is C20H16ClN5O2S. The normalized spacial score (nSPS) is 12.1. The van der Waals surface area contributed by atoms with E-state index in [1.165, 1.54) is 6.20 Å². The lowest BCUT2D eigenvalue weighted by atomic mass is 10.3. The van der Waals surface area contributed by atoms with Crippen LogP contribution in [-0.2, 0) is 4.79 Å². The number of carbonyl (C=O) groups excluding carboxylic acids is 1. The first-order valence-electron chi connectivity index (χ1n) is 8.78. The molecule has 0 saturated heterocycles. The second-order valence-corrected chi connectivity index (χ2v) is 8.03. The molecule has 29 heavy (non-hydrogen) atoms. The van der Waals surface area contributed by atoms with Crippen molar-refractivity contribution in [3.63, 3.8) is 0 Å². The molecule has 0 saturated carbocycles. The summed E-state index contributed by atoms with van der Waals surface area (Å²) >= 11 is 7.11. The minimum absolute atomic E-state index is 0.225. The first-order chi connectivity index (χ1) is 14.0. The Balaban J connectivity index is 1.59. The molecule has 4 aromatic rings. The first kappa shape index (κ1) is 19.2. The maximum absolute atomic E-state index is 12.5. The summed E-state index contributed by atoms with van der Waals surface area (Å²) in [6.07, 6.45) is 1.48. The van der Waals surface area contributed by atoms with Crippen LogP contribution in [0.3, 0.4) is 0 Å². The number of hydrogen-bond donors (Lipinski definition) is 2. The van der Waals surface area contributed by atoms with E-state index in [-0.39, 0.29) is 11.5 Å². The van der Waals surface area contributed by atoms with E-state index in [1.807, 2.05) is 30.3 Å². The van der Waals surface area contributed by atoms with Crippen molar-refractivity contribution in [2.24, 2.45) is 0 Å². The summed E-state index contributed by atoms with van der Waals surface area (Å²) < 4.78 is 1.60. The van der Waals surface area contributed by atoms with E-state index in [0.29, 0.717) is 26.9 Å². The van der Waals surface area contributed by atoms with Crippen LogP contribution in [0.2, 0.25) is 5.02 Å². The zero-order chi connectivity index (χ0) is 20.4. The smallest absolute Gasteiger partial charge is 0.262 e. The van der Waals surface area contributed by atoms with Crippen molar-refractivity contribution in [3.05, 3.63) is 76.2 Å². The van der Waals surface area contributed by atoms with Gasteiger partial charge in [0.2, 0.25) is 5.91 Å². The third-order valence-corrected chi connectivity index (χ3v) is 5.39. The third-order valence-electron chi connectivity index (χ3n) is 4.17. The van der Waals surface area contributed by atoms with Gasteiger partial charge >= 0.3 is 0 Å². The summed E-state index contributed by atoms with van der Waals surface area (Å²) in [6.45, 7) is 1.74. The molecule has 0 bridgehead atoms. The van der Waals surface area contributed by atoms with Crippen LogP contribution in [-0.4, -0.2) is 30.9 Å². The molecule has 2 aromatic carbocycles. The van der Waals surface area contributed by atoms with Gasteiger partial charge in [-0.3, -0.25) is 9.59 Å². The molecule has 146 valence electrons. The number of aromatic amines is 1. The van der Waals surface area contributed by atoms with Crippen molar-refractivity contribution in [3.8, 4) is 5.69 Å². The number of H-pyrrole nitrogens is 1. The Morgan fingerprint density at radius 3 is 2.76 bits per heavy atom. The van der Waals surface area contributed by atoms with Crippen molar-refractivity contribution in [1.82, 2.24) is 19.7 Å². The molecule has 0 aliphatic heterocycles. The van der Waals surface area contributed by atoms with Crippen molar-refractivity contribution in [2.75, 3.05) is 5.32 Å². The predicted octanol–water partition coefficient (Wildman–Crippen LogP) is 3.88. The minimum atomic E-state index is -0.498. The monoisotopic (exact) mass is 425 g/mol. The van der Waals surface area contributed by atoms with Crippen molar-refractivity contribution < 1.29 is 4.79 Å². The second kappa shape index (κ2) is 8.10. The number of anilines is 1. The fourth-order valence-corrected chi connectivity index (χ4v) is 3.73. The lowest BCUT2D eigenvalue weighted by molar-refractivity contribution is -0.115. The first-order valence-corrected chi connectivity index (χ1v) is 10.0. The molecule has 4 rings (SSSR count). The predicted molar refractivity (Wildman–Crippen MR) is 115 cm³/mol. The number of thioether (sulfide) groups is 1. The number of aromatic nitrogens is 4. The van der Waals surface area contributed by atoms with Crippen LogP contribution in [0.5, 0.6) is 0 Å². The Kier molecular flexibility index (Phi) is 5.37. The number of carbonyl (C=O) groups is 1. The number of nitrogens with zero attached hydrogens (tertiary/aromatic N) is 3. The van der Waals surface area contributed by atoms with E-state index in [0.717, 1.165) is 17.4 Å². The number of hydrogen-bond acceptors (Lipinski definition) is 5. The van der Waals surface area contributed by atoms with E-state index in [4.69, 9.17) is 11.6 Å². The van der Waals surface area contributed by atoms with E-state index in [1.54, 1.807) is 35.9 Å². The molecule has 2 heterocycles. The summed E-state index contributed by atoms with van der Waals surface area (Å²) in [5.41, 5.74) is 1.53. The van der Waals surface area contributed by atoms with Crippen LogP contribution in [0.1, 0.15) is 6.92 Å². The van der Waals surface area contributed by atoms with Crippen LogP contribution in [0.25, 0.3) is 16.7 Å². The second-order valence-electron chi connectivity index (χ2n) is 6.26. The molecule has 1 atom stereocenters. The zero-order valence-electron chi connectivity index (χ0n) is 15.3. The number of rotatable bonds is 5. The summed E-state index contributed by atoms with van der Waals surface area (Å²) in [5, 5.41) is 7.85. The van der Waals surface area contributed by atoms with Gasteiger partial charge in [0.15, 0.2) is 10.8 Å². The van der Waals surface area contributed by atoms with Crippen molar-refractivity contribution in [1.29, 1.82) is 0 Å². The summed E-state index contributed by atoms with van der Waals surface area (Å²) in [4.78, 5) is 32.2. The quantitative estimate of drug-likeness (QED) is 0.374. The van der Waals surface area contributed by atoms with Crippen LogP contribution >= 0.6 is 23.4 Å². The third kappa shape index (κ3) is 4.18. The van der Waals surface area contributed by atoms with Gasteiger partial charge in [-0.1, -0.05) is 47.6 Å². The maximum Gasteiger partial charge on any atom is 0.262 e. The number of fused-ring (bicyclic) bond motifs is 1. The molecule has 0 radical (unpaired) electrons. The highest BCUT2D eigenvalue weighted by Gasteiger charge is 2.18. The molecule has 0 spiro atoms. The molecule has 2 N–H and O–H groups in total. The standard InChI is InChI=1S/C20H16ClN5O2S/c1-12(18(27)23-14-7-5-6-13(21)10-14)29-20-24-17-16(19(28)25-20)11-22-26(17)15-8-3-2-4-9-15/h2-12H,1H3,(H,23,27)(H,24,25,28)/t12-/m0/s1. The van der Waals surface area contributed by atoms with Gasteiger partial charge in [0, 0.05) is 10.7 Å². The van der Waals surface area contributed by atoms with Crippen molar-refractivity contribution >= 4 is 46.0 Å². The number of benzene rings is 2. The fourth-order valence-electron chi connectivity index (χ4n) is 2.74. The molecule has 2 aromatic heterocycles. The van der Waals surface area contributed by atoms with E-state index in [2.05, 4.69) is 20.4 Å². The molecule has 9 heteroatoms. The Morgan fingerprint density at radius 2 is 2.00 bits per heavy atom. The van der Waals surface area contributed by atoms with Crippen LogP contribution in [0.15, 0.2) is 70.7 Å². The Bertz CT molecular complexity index is 1240. The Hall–Kier alpha value is -3.10. The largest absolute Gasteiger partial charge is 0.325 e. The van der Waals surface area contributed by atoms with Gasteiger partial charge in [0.05, 0.1) is 17.1 Å². The number of para-hydroxylation sites is 1. The van der Waals surface area contributed by atoms with Gasteiger partial charge in [-0.15, -0.1) is 0 Å². The summed E-state index contributed by atoms with van der Waals surface area (Å²) in [5.74, 6) is -0.225. The van der Waals surface area contributed by atoms with Crippen LogP contribution in [0.4, 0.5) is 5.69 Å². The van der Waals surface area contributed by atoms with Gasteiger partial charge in [-0.25, -0.2) is 9.67 Å². The van der Waals surface area contributed by atoms with Gasteiger partial charge < -0.3 is 10.3 Å². The van der Waals surface area contributed by atoms with Gasteiger partial charge in [0.25, 0.3) is 5.56 Å². The zero-order valence-corrected chi connectivity index (χ0v) is 16.9. The fraction of sp³-hybridized carbons (Fsp3) is 0.100. The van der Waals surface area contributed by atoms with E-state index < -0.39 is 5.25 Å². The van der Waals surface area contributed by atoms with Gasteiger partial charge in [-0.05, 0) is 37.3 Å². The van der Waals surface area contributed by atoms with Gasteiger partial charge in [-0.2, -0.15) is 5.10 Å². The SMILES string of the molecule is C[C@H](Sc1nc2c(cnn2-c2ccccc2)c(=O)[nH]1)C(=O)Nc1cccc(Cl)c1. The molecule has 0 aliphatic carbocycles. The number of halogens is 1. The minimum Gasteiger partial charge on any atom is -0.325 e. The topological polar surface area (TPSA) is 92.7 Å². The summed E-state index contributed by atoms with van der Waals surface area (Å²) in [7, 11) is 0. The molecule has 7 nitrogen and oxygen atoms in total. The molecule has 1 amide bonds. The highest BCUT2D eigenvalue weighted by molar-refractivity contribution is 8.00. The number of nitrogens with one attached hydrogen (secondary N) is 2. The van der Waals surface area contributed by atoms with Crippen LogP contribution in [0, 0.1) is 0 Å². The average Bonchev–Trinajstić information content (AvgIpc) is 3.13. The molecule has 0 fully saturated rings.